The molecular formula is C14H19NS2. The molecule has 0 aliphatic rings. The van der Waals surface area contributed by atoms with Gasteiger partial charge in [-0.2, -0.15) is 11.3 Å². The molecular weight excluding hydrogens is 246 g/mol. The van der Waals surface area contributed by atoms with E-state index in [-0.39, 0.29) is 0 Å². The SMILES string of the molecule is Cc1ccc(CC(C)NC(C)c2ccsc2)s1. The number of thiophene rings is 2. The van der Waals surface area contributed by atoms with Crippen molar-refractivity contribution in [3.05, 3.63) is 44.3 Å². The van der Waals surface area contributed by atoms with Crippen LogP contribution in [0.3, 0.4) is 0 Å². The van der Waals surface area contributed by atoms with Crippen LogP contribution in [0.4, 0.5) is 0 Å². The van der Waals surface area contributed by atoms with Crippen molar-refractivity contribution >= 4 is 22.7 Å². The molecule has 1 nitrogen and oxygen atoms in total. The van der Waals surface area contributed by atoms with Crippen molar-refractivity contribution in [3.8, 4) is 0 Å². The molecule has 0 saturated carbocycles. The first-order valence-corrected chi connectivity index (χ1v) is 7.74. The van der Waals surface area contributed by atoms with Crippen molar-refractivity contribution in [1.82, 2.24) is 5.32 Å². The molecule has 2 atom stereocenters. The minimum atomic E-state index is 0.442. The zero-order chi connectivity index (χ0) is 12.3. The zero-order valence-corrected chi connectivity index (χ0v) is 12.2. The Hall–Kier alpha value is -0.640. The highest BCUT2D eigenvalue weighted by Crippen LogP contribution is 2.19. The summed E-state index contributed by atoms with van der Waals surface area (Å²) in [4.78, 5) is 2.87. The Morgan fingerprint density at radius 3 is 2.65 bits per heavy atom. The van der Waals surface area contributed by atoms with Gasteiger partial charge in [-0.25, -0.2) is 0 Å². The van der Waals surface area contributed by atoms with Crippen molar-refractivity contribution in [3.63, 3.8) is 0 Å². The summed E-state index contributed by atoms with van der Waals surface area (Å²) in [5.41, 5.74) is 1.39. The van der Waals surface area contributed by atoms with Crippen molar-refractivity contribution in [2.45, 2.75) is 39.3 Å². The van der Waals surface area contributed by atoms with Crippen LogP contribution < -0.4 is 5.32 Å². The summed E-state index contributed by atoms with van der Waals surface area (Å²) in [6.45, 7) is 6.66. The molecule has 17 heavy (non-hydrogen) atoms. The van der Waals surface area contributed by atoms with E-state index in [9.17, 15) is 0 Å². The predicted molar refractivity (Wildman–Crippen MR) is 78.1 cm³/mol. The van der Waals surface area contributed by atoms with Crippen molar-refractivity contribution in [1.29, 1.82) is 0 Å². The molecule has 92 valence electrons. The number of rotatable bonds is 5. The third-order valence-corrected chi connectivity index (χ3v) is 4.61. The van der Waals surface area contributed by atoms with Gasteiger partial charge in [0, 0.05) is 21.8 Å². The summed E-state index contributed by atoms with van der Waals surface area (Å²) in [6.07, 6.45) is 1.12. The molecule has 0 fully saturated rings. The maximum absolute atomic E-state index is 3.65. The third-order valence-electron chi connectivity index (χ3n) is 2.88. The Kier molecular flexibility index (Phi) is 4.37. The van der Waals surface area contributed by atoms with Gasteiger partial charge in [-0.05, 0) is 61.7 Å². The Morgan fingerprint density at radius 1 is 1.24 bits per heavy atom. The predicted octanol–water partition coefficient (Wildman–Crippen LogP) is 4.40. The van der Waals surface area contributed by atoms with Gasteiger partial charge in [-0.3, -0.25) is 0 Å². The van der Waals surface area contributed by atoms with E-state index in [1.54, 1.807) is 11.3 Å². The first kappa shape index (κ1) is 12.8. The van der Waals surface area contributed by atoms with E-state index in [1.807, 2.05) is 11.3 Å². The van der Waals surface area contributed by atoms with E-state index in [0.29, 0.717) is 12.1 Å². The first-order valence-electron chi connectivity index (χ1n) is 5.98. The molecule has 0 radical (unpaired) electrons. The quantitative estimate of drug-likeness (QED) is 0.845. The van der Waals surface area contributed by atoms with Gasteiger partial charge in [0.05, 0.1) is 0 Å². The fourth-order valence-corrected chi connectivity index (χ4v) is 3.77. The molecule has 1 N–H and O–H groups in total. The minimum Gasteiger partial charge on any atom is -0.307 e. The average molecular weight is 265 g/mol. The number of hydrogen-bond donors (Lipinski definition) is 1. The Bertz CT molecular complexity index is 444. The first-order chi connectivity index (χ1) is 8.15. The highest BCUT2D eigenvalue weighted by atomic mass is 32.1. The second-order valence-corrected chi connectivity index (χ2v) is 6.72. The van der Waals surface area contributed by atoms with Gasteiger partial charge in [0.25, 0.3) is 0 Å². The van der Waals surface area contributed by atoms with Crippen molar-refractivity contribution in [2.24, 2.45) is 0 Å². The van der Waals surface area contributed by atoms with Crippen LogP contribution in [0, 0.1) is 6.92 Å². The van der Waals surface area contributed by atoms with E-state index < -0.39 is 0 Å². The molecule has 0 spiro atoms. The molecule has 3 heteroatoms. The van der Waals surface area contributed by atoms with E-state index in [4.69, 9.17) is 0 Å². The van der Waals surface area contributed by atoms with E-state index >= 15 is 0 Å². The lowest BCUT2D eigenvalue weighted by molar-refractivity contribution is 0.480. The van der Waals surface area contributed by atoms with Crippen LogP contribution in [0.1, 0.15) is 35.2 Å². The molecule has 0 saturated heterocycles. The van der Waals surface area contributed by atoms with Crippen LogP contribution in [0.25, 0.3) is 0 Å². The highest BCUT2D eigenvalue weighted by Gasteiger charge is 2.10. The summed E-state index contributed by atoms with van der Waals surface area (Å²) in [5.74, 6) is 0. The molecule has 0 aliphatic heterocycles. The van der Waals surface area contributed by atoms with Gasteiger partial charge < -0.3 is 5.32 Å². The van der Waals surface area contributed by atoms with Crippen LogP contribution in [-0.4, -0.2) is 6.04 Å². The number of hydrogen-bond acceptors (Lipinski definition) is 3. The maximum atomic E-state index is 3.65. The summed E-state index contributed by atoms with van der Waals surface area (Å²) >= 11 is 3.67. The number of aryl methyl sites for hydroxylation is 1. The Balaban J connectivity index is 1.87. The van der Waals surface area contributed by atoms with Gasteiger partial charge in [0.15, 0.2) is 0 Å². The standard InChI is InChI=1S/C14H19NS2/c1-10(8-14-5-4-11(2)17-14)15-12(3)13-6-7-16-9-13/h4-7,9-10,12,15H,8H2,1-3H3. The van der Waals surface area contributed by atoms with Crippen LogP contribution >= 0.6 is 22.7 Å². The van der Waals surface area contributed by atoms with Gasteiger partial charge in [0.1, 0.15) is 0 Å². The molecule has 2 aromatic rings. The van der Waals surface area contributed by atoms with Crippen LogP contribution in [-0.2, 0) is 6.42 Å². The normalized spacial score (nSPS) is 14.8. The smallest absolute Gasteiger partial charge is 0.0302 e. The fraction of sp³-hybridized carbons (Fsp3) is 0.429. The molecule has 2 heterocycles. The van der Waals surface area contributed by atoms with E-state index in [1.165, 1.54) is 15.3 Å². The Morgan fingerprint density at radius 2 is 2.06 bits per heavy atom. The molecule has 2 aromatic heterocycles. The zero-order valence-electron chi connectivity index (χ0n) is 10.6. The monoisotopic (exact) mass is 265 g/mol. The van der Waals surface area contributed by atoms with Crippen LogP contribution in [0.2, 0.25) is 0 Å². The lowest BCUT2D eigenvalue weighted by atomic mass is 10.1. The molecule has 0 aliphatic carbocycles. The molecule has 0 amide bonds. The molecule has 2 unspecified atom stereocenters. The lowest BCUT2D eigenvalue weighted by Gasteiger charge is -2.18. The van der Waals surface area contributed by atoms with E-state index in [0.717, 1.165) is 6.42 Å². The Labute approximate surface area is 112 Å². The second kappa shape index (κ2) is 5.80. The summed E-state index contributed by atoms with van der Waals surface area (Å²) in [7, 11) is 0. The molecule has 0 bridgehead atoms. The van der Waals surface area contributed by atoms with Crippen LogP contribution in [0.15, 0.2) is 29.0 Å². The van der Waals surface area contributed by atoms with Gasteiger partial charge in [-0.1, -0.05) is 0 Å². The van der Waals surface area contributed by atoms with E-state index in [2.05, 4.69) is 55.0 Å². The molecule has 0 aromatic carbocycles. The van der Waals surface area contributed by atoms with Crippen molar-refractivity contribution in [2.75, 3.05) is 0 Å². The van der Waals surface area contributed by atoms with Crippen molar-refractivity contribution < 1.29 is 0 Å². The topological polar surface area (TPSA) is 12.0 Å². The van der Waals surface area contributed by atoms with Gasteiger partial charge in [-0.15, -0.1) is 11.3 Å². The summed E-state index contributed by atoms with van der Waals surface area (Å²) in [5, 5.41) is 8.01. The fourth-order valence-electron chi connectivity index (χ4n) is 2.00. The summed E-state index contributed by atoms with van der Waals surface area (Å²) in [6, 6.07) is 7.60. The van der Waals surface area contributed by atoms with Gasteiger partial charge >= 0.3 is 0 Å². The second-order valence-electron chi connectivity index (χ2n) is 4.56. The lowest BCUT2D eigenvalue weighted by Crippen LogP contribution is -2.30. The molecule has 2 rings (SSSR count). The number of nitrogens with one attached hydrogen (secondary N) is 1. The van der Waals surface area contributed by atoms with Gasteiger partial charge in [0.2, 0.25) is 0 Å². The maximum Gasteiger partial charge on any atom is 0.0302 e. The average Bonchev–Trinajstić information content (AvgIpc) is 2.89. The minimum absolute atomic E-state index is 0.442. The highest BCUT2D eigenvalue weighted by molar-refractivity contribution is 7.11. The van der Waals surface area contributed by atoms with Crippen LogP contribution in [0.5, 0.6) is 0 Å². The third kappa shape index (κ3) is 3.66. The summed E-state index contributed by atoms with van der Waals surface area (Å²) < 4.78 is 0. The largest absolute Gasteiger partial charge is 0.307 e.